The SMILES string of the molecule is N#CCCOC(=O)C1CCN(C(=O)OCc2ccccc2)CC1. The summed E-state index contributed by atoms with van der Waals surface area (Å²) in [5, 5.41) is 8.42. The molecule has 0 atom stereocenters. The molecular weight excluding hydrogens is 296 g/mol. The Hall–Kier alpha value is -2.55. The van der Waals surface area contributed by atoms with Crippen molar-refractivity contribution in [2.75, 3.05) is 19.7 Å². The van der Waals surface area contributed by atoms with Gasteiger partial charge in [0.2, 0.25) is 0 Å². The number of esters is 1. The second-order valence-electron chi connectivity index (χ2n) is 5.38. The maximum Gasteiger partial charge on any atom is 0.410 e. The van der Waals surface area contributed by atoms with Gasteiger partial charge < -0.3 is 14.4 Å². The van der Waals surface area contributed by atoms with Gasteiger partial charge in [-0.2, -0.15) is 5.26 Å². The van der Waals surface area contributed by atoms with E-state index < -0.39 is 0 Å². The average molecular weight is 316 g/mol. The van der Waals surface area contributed by atoms with Crippen molar-refractivity contribution in [1.29, 1.82) is 5.26 Å². The van der Waals surface area contributed by atoms with E-state index in [4.69, 9.17) is 14.7 Å². The van der Waals surface area contributed by atoms with Gasteiger partial charge in [-0.05, 0) is 18.4 Å². The molecule has 0 spiro atoms. The topological polar surface area (TPSA) is 79.6 Å². The van der Waals surface area contributed by atoms with Gasteiger partial charge in [-0.25, -0.2) is 4.79 Å². The normalized spacial score (nSPS) is 14.8. The van der Waals surface area contributed by atoms with Gasteiger partial charge in [0.15, 0.2) is 0 Å². The lowest BCUT2D eigenvalue weighted by Gasteiger charge is -2.30. The largest absolute Gasteiger partial charge is 0.464 e. The molecule has 23 heavy (non-hydrogen) atoms. The van der Waals surface area contributed by atoms with Crippen molar-refractivity contribution in [3.63, 3.8) is 0 Å². The van der Waals surface area contributed by atoms with Crippen LogP contribution in [0.4, 0.5) is 4.79 Å². The number of benzene rings is 1. The highest BCUT2D eigenvalue weighted by Gasteiger charge is 2.28. The van der Waals surface area contributed by atoms with Crippen LogP contribution in [0.1, 0.15) is 24.8 Å². The van der Waals surface area contributed by atoms with Crippen LogP contribution in [0.2, 0.25) is 0 Å². The second-order valence-corrected chi connectivity index (χ2v) is 5.38. The molecule has 0 saturated carbocycles. The van der Waals surface area contributed by atoms with Crippen LogP contribution in [0.25, 0.3) is 0 Å². The molecule has 0 N–H and O–H groups in total. The molecule has 0 radical (unpaired) electrons. The molecule has 0 unspecified atom stereocenters. The summed E-state index contributed by atoms with van der Waals surface area (Å²) in [6, 6.07) is 11.4. The maximum absolute atomic E-state index is 12.0. The number of ether oxygens (including phenoxy) is 2. The molecule has 1 fully saturated rings. The van der Waals surface area contributed by atoms with Gasteiger partial charge in [0.1, 0.15) is 13.2 Å². The van der Waals surface area contributed by atoms with Gasteiger partial charge in [-0.3, -0.25) is 4.79 Å². The average Bonchev–Trinajstić information content (AvgIpc) is 2.61. The van der Waals surface area contributed by atoms with E-state index in [2.05, 4.69) is 0 Å². The highest BCUT2D eigenvalue weighted by molar-refractivity contribution is 5.73. The summed E-state index contributed by atoms with van der Waals surface area (Å²) in [6.45, 7) is 1.34. The Bertz CT molecular complexity index is 560. The van der Waals surface area contributed by atoms with Crippen LogP contribution in [0.5, 0.6) is 0 Å². The highest BCUT2D eigenvalue weighted by Crippen LogP contribution is 2.19. The van der Waals surface area contributed by atoms with E-state index in [1.807, 2.05) is 36.4 Å². The third-order valence-corrected chi connectivity index (χ3v) is 3.75. The molecule has 1 aromatic carbocycles. The Morgan fingerprint density at radius 1 is 1.17 bits per heavy atom. The van der Waals surface area contributed by atoms with Gasteiger partial charge in [0, 0.05) is 13.1 Å². The number of carbonyl (C=O) groups excluding carboxylic acids is 2. The number of carbonyl (C=O) groups is 2. The molecule has 0 bridgehead atoms. The number of hydrogen-bond acceptors (Lipinski definition) is 5. The van der Waals surface area contributed by atoms with Gasteiger partial charge in [-0.1, -0.05) is 30.3 Å². The minimum Gasteiger partial charge on any atom is -0.464 e. The van der Waals surface area contributed by atoms with Gasteiger partial charge >= 0.3 is 12.1 Å². The van der Waals surface area contributed by atoms with Gasteiger partial charge in [0.05, 0.1) is 18.4 Å². The minimum atomic E-state index is -0.356. The summed E-state index contributed by atoms with van der Waals surface area (Å²) in [6.07, 6.45) is 0.971. The summed E-state index contributed by atoms with van der Waals surface area (Å²) in [4.78, 5) is 25.4. The van der Waals surface area contributed by atoms with Crippen molar-refractivity contribution in [1.82, 2.24) is 4.90 Å². The quantitative estimate of drug-likeness (QED) is 0.616. The van der Waals surface area contributed by atoms with Crippen LogP contribution >= 0.6 is 0 Å². The van der Waals surface area contributed by atoms with Crippen LogP contribution in [0.3, 0.4) is 0 Å². The monoisotopic (exact) mass is 316 g/mol. The van der Waals surface area contributed by atoms with Crippen LogP contribution in [-0.4, -0.2) is 36.7 Å². The third-order valence-electron chi connectivity index (χ3n) is 3.75. The lowest BCUT2D eigenvalue weighted by molar-refractivity contribution is -0.149. The Kier molecular flexibility index (Phi) is 6.42. The first kappa shape index (κ1) is 16.8. The molecule has 1 saturated heterocycles. The fraction of sp³-hybridized carbons (Fsp3) is 0.471. The second kappa shape index (κ2) is 8.79. The van der Waals surface area contributed by atoms with E-state index in [0.717, 1.165) is 5.56 Å². The number of likely N-dealkylation sites (tertiary alicyclic amines) is 1. The smallest absolute Gasteiger partial charge is 0.410 e. The molecule has 6 heteroatoms. The van der Waals surface area contributed by atoms with Gasteiger partial charge in [-0.15, -0.1) is 0 Å². The molecule has 122 valence electrons. The zero-order chi connectivity index (χ0) is 16.5. The fourth-order valence-corrected chi connectivity index (χ4v) is 2.42. The zero-order valence-corrected chi connectivity index (χ0v) is 12.9. The molecule has 0 aliphatic carbocycles. The van der Waals surface area contributed by atoms with E-state index in [-0.39, 0.29) is 37.6 Å². The number of nitriles is 1. The Labute approximate surface area is 135 Å². The molecule has 1 heterocycles. The van der Waals surface area contributed by atoms with E-state index in [0.29, 0.717) is 25.9 Å². The Morgan fingerprint density at radius 3 is 2.52 bits per heavy atom. The van der Waals surface area contributed by atoms with Crippen LogP contribution in [0, 0.1) is 17.2 Å². The van der Waals surface area contributed by atoms with Gasteiger partial charge in [0.25, 0.3) is 0 Å². The molecular formula is C17H20N2O4. The van der Waals surface area contributed by atoms with Crippen molar-refractivity contribution in [2.24, 2.45) is 5.92 Å². The van der Waals surface area contributed by atoms with Crippen molar-refractivity contribution >= 4 is 12.1 Å². The summed E-state index contributed by atoms with van der Waals surface area (Å²) in [7, 11) is 0. The van der Waals surface area contributed by atoms with E-state index in [9.17, 15) is 9.59 Å². The maximum atomic E-state index is 12.0. The fourth-order valence-electron chi connectivity index (χ4n) is 2.42. The number of piperidine rings is 1. The lowest BCUT2D eigenvalue weighted by Crippen LogP contribution is -2.40. The van der Waals surface area contributed by atoms with E-state index in [1.54, 1.807) is 4.90 Å². The first-order chi connectivity index (χ1) is 11.2. The minimum absolute atomic E-state index is 0.134. The first-order valence-electron chi connectivity index (χ1n) is 7.70. The van der Waals surface area contributed by atoms with E-state index in [1.165, 1.54) is 0 Å². The predicted molar refractivity (Wildman–Crippen MR) is 82.1 cm³/mol. The Morgan fingerprint density at radius 2 is 1.87 bits per heavy atom. The number of rotatable bonds is 5. The van der Waals surface area contributed by atoms with Crippen molar-refractivity contribution in [2.45, 2.75) is 25.9 Å². The first-order valence-corrected chi connectivity index (χ1v) is 7.70. The molecule has 1 aliphatic heterocycles. The van der Waals surface area contributed by atoms with Crippen molar-refractivity contribution < 1.29 is 19.1 Å². The summed E-state index contributed by atoms with van der Waals surface area (Å²) < 4.78 is 10.3. The zero-order valence-electron chi connectivity index (χ0n) is 12.9. The molecule has 1 aliphatic rings. The van der Waals surface area contributed by atoms with Crippen molar-refractivity contribution in [3.8, 4) is 6.07 Å². The highest BCUT2D eigenvalue weighted by atomic mass is 16.6. The van der Waals surface area contributed by atoms with Crippen LogP contribution < -0.4 is 0 Å². The Balaban J connectivity index is 1.70. The number of amides is 1. The summed E-state index contributed by atoms with van der Waals surface area (Å²) in [5.74, 6) is -0.482. The molecule has 1 amide bonds. The number of hydrogen-bond donors (Lipinski definition) is 0. The lowest BCUT2D eigenvalue weighted by atomic mass is 9.97. The third kappa shape index (κ3) is 5.29. The molecule has 2 rings (SSSR count). The molecule has 6 nitrogen and oxygen atoms in total. The predicted octanol–water partition coefficient (Wildman–Crippen LogP) is 2.49. The summed E-state index contributed by atoms with van der Waals surface area (Å²) in [5.41, 5.74) is 0.941. The number of nitrogens with zero attached hydrogens (tertiary/aromatic N) is 2. The van der Waals surface area contributed by atoms with Crippen molar-refractivity contribution in [3.05, 3.63) is 35.9 Å². The molecule has 0 aromatic heterocycles. The standard InChI is InChI=1S/C17H20N2O4/c18-9-4-12-22-16(20)15-7-10-19(11-8-15)17(21)23-13-14-5-2-1-3-6-14/h1-3,5-6,15H,4,7-8,10-13H2. The summed E-state index contributed by atoms with van der Waals surface area (Å²) >= 11 is 0. The van der Waals surface area contributed by atoms with Crippen LogP contribution in [-0.2, 0) is 20.9 Å². The van der Waals surface area contributed by atoms with Crippen LogP contribution in [0.15, 0.2) is 30.3 Å². The molecule has 1 aromatic rings. The van der Waals surface area contributed by atoms with E-state index >= 15 is 0 Å².